The highest BCUT2D eigenvalue weighted by Crippen LogP contribution is 2.18. The number of carbonyl (C=O) groups excluding carboxylic acids is 3. The average molecular weight is 670 g/mol. The normalized spacial score (nSPS) is 10.8. The lowest BCUT2D eigenvalue weighted by atomic mass is 10.2. The van der Waals surface area contributed by atoms with Gasteiger partial charge in [-0.1, -0.05) is 59.3 Å². The van der Waals surface area contributed by atoms with Crippen molar-refractivity contribution in [2.45, 2.75) is 78.6 Å². The van der Waals surface area contributed by atoms with Crippen LogP contribution in [0.1, 0.15) is 114 Å². The van der Waals surface area contributed by atoms with Crippen LogP contribution in [0.2, 0.25) is 0 Å². The Morgan fingerprint density at radius 3 is 1.21 bits per heavy atom. The maximum Gasteiger partial charge on any atom is 0.354 e. The van der Waals surface area contributed by atoms with Crippen molar-refractivity contribution in [2.75, 3.05) is 19.8 Å². The fraction of sp³-hybridized carbons (Fsp3) is 0.417. The number of esters is 3. The molecule has 12 heteroatoms. The van der Waals surface area contributed by atoms with E-state index in [1.54, 1.807) is 55.2 Å². The van der Waals surface area contributed by atoms with Crippen molar-refractivity contribution in [2.24, 2.45) is 0 Å². The van der Waals surface area contributed by atoms with Crippen LogP contribution < -0.4 is 0 Å². The summed E-state index contributed by atoms with van der Waals surface area (Å²) in [6.07, 6.45) is 14.2. The van der Waals surface area contributed by atoms with Gasteiger partial charge in [0, 0.05) is 40.7 Å². The molecule has 0 aliphatic carbocycles. The Kier molecular flexibility index (Phi) is 14.0. The number of carbonyl (C=O) groups is 3. The van der Waals surface area contributed by atoms with Crippen molar-refractivity contribution in [3.8, 4) is 0 Å². The zero-order valence-electron chi connectivity index (χ0n) is 27.9. The third-order valence-corrected chi connectivity index (χ3v) is 7.32. The highest BCUT2D eigenvalue weighted by Gasteiger charge is 2.14. The maximum absolute atomic E-state index is 11.6. The summed E-state index contributed by atoms with van der Waals surface area (Å²) in [6.45, 7) is 7.75. The van der Waals surface area contributed by atoms with E-state index >= 15 is 0 Å². The Labute approximate surface area is 282 Å². The maximum atomic E-state index is 11.6. The molecule has 6 rings (SSSR count). The van der Waals surface area contributed by atoms with Crippen LogP contribution in [0, 0.1) is 0 Å². The predicted molar refractivity (Wildman–Crippen MR) is 187 cm³/mol. The summed E-state index contributed by atoms with van der Waals surface area (Å²) >= 11 is 0. The van der Waals surface area contributed by atoms with Crippen LogP contribution in [0.4, 0.5) is 0 Å². The Hall–Kier alpha value is -5.13. The zero-order valence-corrected chi connectivity index (χ0v) is 27.9. The second kappa shape index (κ2) is 18.9. The van der Waals surface area contributed by atoms with Crippen LogP contribution in [0.15, 0.2) is 68.4 Å². The van der Waals surface area contributed by atoms with Gasteiger partial charge >= 0.3 is 17.9 Å². The number of aromatic amines is 3. The molecule has 0 atom stereocenters. The van der Waals surface area contributed by atoms with E-state index in [4.69, 9.17) is 27.5 Å². The summed E-state index contributed by atoms with van der Waals surface area (Å²) < 4.78 is 30.8. The molecule has 6 aromatic heterocycles. The smallest absolute Gasteiger partial charge is 0.354 e. The van der Waals surface area contributed by atoms with Gasteiger partial charge in [0.2, 0.25) is 0 Å². The molecule has 0 fully saturated rings. The summed E-state index contributed by atoms with van der Waals surface area (Å²) in [7, 11) is 0. The first-order chi connectivity index (χ1) is 23.4. The molecule has 0 aromatic carbocycles. The second-order valence-corrected chi connectivity index (χ2v) is 11.2. The molecular weight excluding hydrogens is 618 g/mol. The topological polar surface area (TPSA) is 166 Å². The van der Waals surface area contributed by atoms with Gasteiger partial charge in [-0.3, -0.25) is 0 Å². The fourth-order valence-corrected chi connectivity index (χ4v) is 4.63. The van der Waals surface area contributed by atoms with Gasteiger partial charge in [0.15, 0.2) is 16.7 Å². The van der Waals surface area contributed by atoms with Crippen molar-refractivity contribution in [1.82, 2.24) is 15.0 Å². The predicted octanol–water partition coefficient (Wildman–Crippen LogP) is 10.1. The molecule has 0 aliphatic rings. The molecule has 6 heterocycles. The number of nitrogens with one attached hydrogen (secondary N) is 3. The van der Waals surface area contributed by atoms with Gasteiger partial charge in [-0.2, -0.15) is 0 Å². The summed E-state index contributed by atoms with van der Waals surface area (Å²) in [4.78, 5) is 43.6. The number of unbranched alkanes of at least 4 members (excludes halogenated alkanes) is 6. The standard InChI is InChI=1S/C13H17NO3.C12H15NO3.C11H13NO3.3H2/c1-2-3-4-5-7-17-13(15)11-9-12-10(14-11)6-8-16-12;1-2-3-4-6-16-12(14)10-8-11-9(13-10)5-7-15-11;1-2-3-5-15-11(13)9-7-10-8(12-9)4-6-14-10;;;/h6,8-9,14H,2-5,7H2,1H3;5,7-8,13H,2-4,6H2,1H3;4,6-7,12H,2-3,5H2,1H3;3*1H. The third kappa shape index (κ3) is 10.4. The number of hydrogen-bond donors (Lipinski definition) is 3. The first-order valence-electron chi connectivity index (χ1n) is 16.6. The van der Waals surface area contributed by atoms with E-state index in [2.05, 4.69) is 35.7 Å². The monoisotopic (exact) mass is 669 g/mol. The van der Waals surface area contributed by atoms with Crippen LogP contribution in [0.5, 0.6) is 0 Å². The summed E-state index contributed by atoms with van der Waals surface area (Å²) in [5.41, 5.74) is 5.85. The number of hydrogen-bond acceptors (Lipinski definition) is 9. The van der Waals surface area contributed by atoms with Crippen molar-refractivity contribution in [3.63, 3.8) is 0 Å². The van der Waals surface area contributed by atoms with Crippen molar-refractivity contribution in [1.29, 1.82) is 0 Å². The van der Waals surface area contributed by atoms with E-state index in [-0.39, 0.29) is 22.2 Å². The van der Waals surface area contributed by atoms with Crippen molar-refractivity contribution >= 4 is 51.2 Å². The number of furan rings is 3. The van der Waals surface area contributed by atoms with Gasteiger partial charge < -0.3 is 42.4 Å². The van der Waals surface area contributed by atoms with E-state index in [1.807, 2.05) is 0 Å². The molecule has 0 unspecified atom stereocenters. The largest absolute Gasteiger partial charge is 0.463 e. The first kappa shape index (κ1) is 35.7. The molecule has 0 saturated carbocycles. The molecule has 6 aromatic rings. The molecular formula is C36H51N3O9. The molecule has 0 amide bonds. The van der Waals surface area contributed by atoms with E-state index in [0.29, 0.717) is 53.7 Å². The molecule has 3 N–H and O–H groups in total. The highest BCUT2D eigenvalue weighted by atomic mass is 16.5. The first-order valence-corrected chi connectivity index (χ1v) is 16.6. The number of H-pyrrole nitrogens is 3. The Morgan fingerprint density at radius 2 is 0.854 bits per heavy atom. The lowest BCUT2D eigenvalue weighted by Crippen LogP contribution is -2.06. The quantitative estimate of drug-likeness (QED) is 0.0548. The Bertz CT molecular complexity index is 1760. The fourth-order valence-electron chi connectivity index (χ4n) is 4.63. The molecule has 264 valence electrons. The number of ether oxygens (including phenoxy) is 3. The number of fused-ring (bicyclic) bond motifs is 3. The molecule has 0 aliphatic heterocycles. The summed E-state index contributed by atoms with van der Waals surface area (Å²) in [6, 6.07) is 10.3. The van der Waals surface area contributed by atoms with E-state index in [9.17, 15) is 14.4 Å². The molecule has 48 heavy (non-hydrogen) atoms. The van der Waals surface area contributed by atoms with E-state index in [1.165, 1.54) is 12.8 Å². The number of aromatic nitrogens is 3. The lowest BCUT2D eigenvalue weighted by molar-refractivity contribution is 0.0483. The molecule has 12 nitrogen and oxygen atoms in total. The van der Waals surface area contributed by atoms with Gasteiger partial charge in [-0.15, -0.1) is 0 Å². The SMILES string of the molecule is CCCCCCOC(=O)c1cc2occc2[nH]1.CCCCCOC(=O)c1cc2occc2[nH]1.CCCCOC(=O)c1cc2occc2[nH]1.[HH].[HH].[HH]. The Morgan fingerprint density at radius 1 is 0.521 bits per heavy atom. The van der Waals surface area contributed by atoms with Gasteiger partial charge in [0.05, 0.1) is 55.2 Å². The highest BCUT2D eigenvalue weighted by molar-refractivity contribution is 5.94. The van der Waals surface area contributed by atoms with E-state index < -0.39 is 0 Å². The van der Waals surface area contributed by atoms with Crippen LogP contribution in [-0.2, 0) is 14.2 Å². The molecule has 0 saturated heterocycles. The van der Waals surface area contributed by atoms with Crippen LogP contribution in [0.25, 0.3) is 33.3 Å². The summed E-state index contributed by atoms with van der Waals surface area (Å²) in [5.74, 6) is -0.953. The molecule has 0 bridgehead atoms. The van der Waals surface area contributed by atoms with Gasteiger partial charge in [-0.25, -0.2) is 14.4 Å². The minimum absolute atomic E-state index is 0. The van der Waals surface area contributed by atoms with Crippen LogP contribution >= 0.6 is 0 Å². The zero-order chi connectivity index (χ0) is 34.1. The minimum atomic E-state index is -0.324. The number of rotatable bonds is 15. The van der Waals surface area contributed by atoms with E-state index in [0.717, 1.165) is 61.5 Å². The summed E-state index contributed by atoms with van der Waals surface area (Å²) in [5, 5.41) is 0. The van der Waals surface area contributed by atoms with Gasteiger partial charge in [0.25, 0.3) is 0 Å². The molecule has 0 spiro atoms. The lowest BCUT2D eigenvalue weighted by Gasteiger charge is -2.02. The Balaban J connectivity index is 0.000000372. The van der Waals surface area contributed by atoms with Gasteiger partial charge in [0.1, 0.15) is 17.1 Å². The van der Waals surface area contributed by atoms with Crippen LogP contribution in [0.3, 0.4) is 0 Å². The van der Waals surface area contributed by atoms with Crippen molar-refractivity contribution < 1.29 is 46.1 Å². The minimum Gasteiger partial charge on any atom is -0.463 e. The average Bonchev–Trinajstić information content (AvgIpc) is 3.91. The second-order valence-electron chi connectivity index (χ2n) is 11.2. The van der Waals surface area contributed by atoms with Gasteiger partial charge in [-0.05, 0) is 19.3 Å². The van der Waals surface area contributed by atoms with Crippen molar-refractivity contribution in [3.05, 3.63) is 72.3 Å². The third-order valence-electron chi connectivity index (χ3n) is 7.32. The van der Waals surface area contributed by atoms with Crippen LogP contribution in [-0.4, -0.2) is 52.7 Å². The molecule has 0 radical (unpaired) electrons.